The Morgan fingerprint density at radius 1 is 1.20 bits per heavy atom. The zero-order valence-electron chi connectivity index (χ0n) is 15.2. The van der Waals surface area contributed by atoms with Gasteiger partial charge in [0.2, 0.25) is 0 Å². The minimum atomic E-state index is 0.618. The van der Waals surface area contributed by atoms with Gasteiger partial charge < -0.3 is 10.5 Å². The first kappa shape index (κ1) is 19.0. The molecule has 0 bridgehead atoms. The predicted molar refractivity (Wildman–Crippen MR) is 102 cm³/mol. The number of aldehydes is 1. The summed E-state index contributed by atoms with van der Waals surface area (Å²) in [5, 5.41) is 14.4. The van der Waals surface area contributed by atoms with E-state index in [-0.39, 0.29) is 0 Å². The zero-order valence-corrected chi connectivity index (χ0v) is 15.2. The van der Waals surface area contributed by atoms with Crippen molar-refractivity contribution in [2.75, 3.05) is 5.32 Å². The highest BCUT2D eigenvalue weighted by molar-refractivity contribution is 5.79. The van der Waals surface area contributed by atoms with E-state index in [4.69, 9.17) is 0 Å². The van der Waals surface area contributed by atoms with E-state index in [0.717, 1.165) is 46.2 Å². The molecule has 0 aliphatic rings. The third-order valence-electron chi connectivity index (χ3n) is 4.69. The summed E-state index contributed by atoms with van der Waals surface area (Å²) >= 11 is 0. The second-order valence-corrected chi connectivity index (χ2v) is 6.57. The molecule has 2 rings (SSSR count). The summed E-state index contributed by atoms with van der Waals surface area (Å²) in [6, 6.07) is 9.59. The van der Waals surface area contributed by atoms with Crippen molar-refractivity contribution in [1.29, 1.82) is 0 Å². The highest BCUT2D eigenvalue weighted by atomic mass is 16.5. The van der Waals surface area contributed by atoms with Crippen LogP contribution >= 0.6 is 0 Å². The van der Waals surface area contributed by atoms with Crippen LogP contribution in [0.4, 0.5) is 5.69 Å². The van der Waals surface area contributed by atoms with E-state index in [0.29, 0.717) is 12.5 Å². The second-order valence-electron chi connectivity index (χ2n) is 6.57. The van der Waals surface area contributed by atoms with Crippen LogP contribution in [0.3, 0.4) is 0 Å². The first-order chi connectivity index (χ1) is 12.2. The molecule has 0 saturated heterocycles. The Hall–Kier alpha value is -2.36. The van der Waals surface area contributed by atoms with Gasteiger partial charge >= 0.3 is 0 Å². The molecule has 0 amide bonds. The Bertz CT molecular complexity index is 668. The topological polar surface area (TPSA) is 56.0 Å². The molecular formula is C21H28N2O2. The summed E-state index contributed by atoms with van der Waals surface area (Å²) < 4.78 is 0.769. The lowest BCUT2D eigenvalue weighted by atomic mass is 9.90. The van der Waals surface area contributed by atoms with Gasteiger partial charge in [0, 0.05) is 29.9 Å². The molecule has 134 valence electrons. The summed E-state index contributed by atoms with van der Waals surface area (Å²) in [7, 11) is 0. The van der Waals surface area contributed by atoms with Crippen LogP contribution in [0, 0.1) is 11.1 Å². The smallest absolute Gasteiger partial charge is 0.180 e. The number of rotatable bonds is 10. The van der Waals surface area contributed by atoms with Crippen molar-refractivity contribution >= 4 is 12.0 Å². The largest absolute Gasteiger partial charge is 0.619 e. The number of pyridine rings is 1. The van der Waals surface area contributed by atoms with Gasteiger partial charge in [-0.3, -0.25) is 4.79 Å². The van der Waals surface area contributed by atoms with Crippen molar-refractivity contribution in [3.8, 4) is 0 Å². The van der Waals surface area contributed by atoms with Crippen LogP contribution in [0.2, 0.25) is 0 Å². The van der Waals surface area contributed by atoms with Crippen molar-refractivity contribution in [3.63, 3.8) is 0 Å². The lowest BCUT2D eigenvalue weighted by Gasteiger charge is -2.16. The number of carbonyl (C=O) groups is 1. The quantitative estimate of drug-likeness (QED) is 0.393. The number of unbranched alkanes of at least 4 members (excludes halogenated alkanes) is 1. The molecule has 1 heterocycles. The standard InChI is InChI=1S/C21H28N2O2/c1-3-5-6-17(4-2)13-19-7-8-21(14-20(19)16-24)22-15-18-9-11-23(25)12-10-18/h7-12,14,16-17,22H,3-6,13,15H2,1-2H3. The molecule has 0 spiro atoms. The van der Waals surface area contributed by atoms with E-state index in [2.05, 4.69) is 25.2 Å². The molecule has 1 unspecified atom stereocenters. The summed E-state index contributed by atoms with van der Waals surface area (Å²) in [6.07, 6.45) is 9.71. The van der Waals surface area contributed by atoms with E-state index < -0.39 is 0 Å². The number of carbonyl (C=O) groups excluding carboxylic acids is 1. The molecule has 25 heavy (non-hydrogen) atoms. The molecule has 0 aliphatic heterocycles. The molecule has 0 fully saturated rings. The van der Waals surface area contributed by atoms with Crippen molar-refractivity contribution in [2.45, 2.75) is 52.5 Å². The van der Waals surface area contributed by atoms with Crippen LogP contribution < -0.4 is 10.0 Å². The lowest BCUT2D eigenvalue weighted by Crippen LogP contribution is -2.24. The highest BCUT2D eigenvalue weighted by Gasteiger charge is 2.11. The number of anilines is 1. The van der Waals surface area contributed by atoms with Crippen LogP contribution in [0.15, 0.2) is 42.7 Å². The minimum absolute atomic E-state index is 0.618. The van der Waals surface area contributed by atoms with E-state index in [1.165, 1.54) is 31.7 Å². The fourth-order valence-corrected chi connectivity index (χ4v) is 3.02. The number of nitrogens with one attached hydrogen (secondary N) is 1. The molecular weight excluding hydrogens is 312 g/mol. The third-order valence-corrected chi connectivity index (χ3v) is 4.69. The van der Waals surface area contributed by atoms with Crippen molar-refractivity contribution in [2.24, 2.45) is 5.92 Å². The van der Waals surface area contributed by atoms with Gasteiger partial charge in [0.1, 0.15) is 6.29 Å². The van der Waals surface area contributed by atoms with E-state index in [1.807, 2.05) is 12.1 Å². The highest BCUT2D eigenvalue weighted by Crippen LogP contribution is 2.23. The second kappa shape index (κ2) is 9.82. The van der Waals surface area contributed by atoms with E-state index in [1.54, 1.807) is 12.1 Å². The van der Waals surface area contributed by atoms with Crippen molar-refractivity contribution in [3.05, 3.63) is 64.6 Å². The molecule has 1 N–H and O–H groups in total. The molecule has 0 saturated carbocycles. The fraction of sp³-hybridized carbons (Fsp3) is 0.429. The van der Waals surface area contributed by atoms with Gasteiger partial charge in [0.25, 0.3) is 0 Å². The SMILES string of the molecule is CCCCC(CC)Cc1ccc(NCc2cc[n+]([O-])cc2)cc1C=O. The van der Waals surface area contributed by atoms with Crippen molar-refractivity contribution < 1.29 is 9.52 Å². The molecule has 1 aromatic heterocycles. The maximum atomic E-state index is 11.5. The van der Waals surface area contributed by atoms with Crippen LogP contribution in [-0.4, -0.2) is 6.29 Å². The summed E-state index contributed by atoms with van der Waals surface area (Å²) in [6.45, 7) is 5.06. The maximum absolute atomic E-state index is 11.5. The Morgan fingerprint density at radius 3 is 2.60 bits per heavy atom. The zero-order chi connectivity index (χ0) is 18.1. The van der Waals surface area contributed by atoms with Crippen LogP contribution in [0.5, 0.6) is 0 Å². The molecule has 4 nitrogen and oxygen atoms in total. The molecule has 0 aliphatic carbocycles. The van der Waals surface area contributed by atoms with E-state index in [9.17, 15) is 10.0 Å². The van der Waals surface area contributed by atoms with Gasteiger partial charge in [-0.05, 0) is 35.6 Å². The first-order valence-electron chi connectivity index (χ1n) is 9.16. The van der Waals surface area contributed by atoms with Crippen molar-refractivity contribution in [1.82, 2.24) is 0 Å². The van der Waals surface area contributed by atoms with Crippen LogP contribution in [0.1, 0.15) is 61.0 Å². The van der Waals surface area contributed by atoms with Gasteiger partial charge in [-0.2, -0.15) is 4.73 Å². The monoisotopic (exact) mass is 340 g/mol. The molecule has 1 atom stereocenters. The molecule has 2 aromatic rings. The summed E-state index contributed by atoms with van der Waals surface area (Å²) in [5.74, 6) is 0.639. The normalized spacial score (nSPS) is 11.9. The Kier molecular flexibility index (Phi) is 7.45. The van der Waals surface area contributed by atoms with Gasteiger partial charge in [-0.15, -0.1) is 0 Å². The molecule has 1 aromatic carbocycles. The number of hydrogen-bond acceptors (Lipinski definition) is 3. The third kappa shape index (κ3) is 5.89. The van der Waals surface area contributed by atoms with Gasteiger partial charge in [0.15, 0.2) is 12.4 Å². The predicted octanol–water partition coefficient (Wildman–Crippen LogP) is 4.50. The van der Waals surface area contributed by atoms with E-state index >= 15 is 0 Å². The van der Waals surface area contributed by atoms with Gasteiger partial charge in [-0.1, -0.05) is 45.6 Å². The fourth-order valence-electron chi connectivity index (χ4n) is 3.02. The van der Waals surface area contributed by atoms with Crippen LogP contribution in [-0.2, 0) is 13.0 Å². The number of benzene rings is 1. The average molecular weight is 340 g/mol. The minimum Gasteiger partial charge on any atom is -0.619 e. The maximum Gasteiger partial charge on any atom is 0.180 e. The Labute approximate surface area is 150 Å². The Balaban J connectivity index is 2.02. The molecule has 0 radical (unpaired) electrons. The first-order valence-corrected chi connectivity index (χ1v) is 9.16. The summed E-state index contributed by atoms with van der Waals surface area (Å²) in [5.41, 5.74) is 3.85. The number of aromatic nitrogens is 1. The number of hydrogen-bond donors (Lipinski definition) is 1. The summed E-state index contributed by atoms with van der Waals surface area (Å²) in [4.78, 5) is 11.5. The number of nitrogens with zero attached hydrogens (tertiary/aromatic N) is 1. The van der Waals surface area contributed by atoms with Gasteiger partial charge in [-0.25, -0.2) is 0 Å². The lowest BCUT2D eigenvalue weighted by molar-refractivity contribution is -0.605. The Morgan fingerprint density at radius 2 is 1.96 bits per heavy atom. The molecule has 4 heteroatoms. The van der Waals surface area contributed by atoms with Gasteiger partial charge in [0.05, 0.1) is 0 Å². The van der Waals surface area contributed by atoms with Crippen LogP contribution in [0.25, 0.3) is 0 Å². The average Bonchev–Trinajstić information content (AvgIpc) is 2.65.